The van der Waals surface area contributed by atoms with Crippen molar-refractivity contribution in [1.29, 1.82) is 0 Å². The van der Waals surface area contributed by atoms with E-state index in [1.165, 1.54) is 17.8 Å². The zero-order chi connectivity index (χ0) is 10.7. The van der Waals surface area contributed by atoms with Crippen molar-refractivity contribution in [3.63, 3.8) is 0 Å². The first-order valence-corrected chi connectivity index (χ1v) is 5.67. The summed E-state index contributed by atoms with van der Waals surface area (Å²) in [5.74, 6) is 1.23. The van der Waals surface area contributed by atoms with Gasteiger partial charge >= 0.3 is 0 Å². The van der Waals surface area contributed by atoms with E-state index in [1.807, 2.05) is 0 Å². The van der Waals surface area contributed by atoms with E-state index in [2.05, 4.69) is 43.1 Å². The summed E-state index contributed by atoms with van der Waals surface area (Å²) in [4.78, 5) is 6.94. The molecule has 0 amide bonds. The van der Waals surface area contributed by atoms with Crippen LogP contribution in [-0.2, 0) is 6.42 Å². The Hall–Kier alpha value is -1.31. The van der Waals surface area contributed by atoms with E-state index in [0.717, 1.165) is 25.1 Å². The maximum absolute atomic E-state index is 4.69. The first-order chi connectivity index (χ1) is 7.29. The molecule has 1 fully saturated rings. The van der Waals surface area contributed by atoms with Crippen molar-refractivity contribution >= 4 is 11.5 Å². The molecule has 0 aromatic heterocycles. The normalized spacial score (nSPS) is 18.8. The van der Waals surface area contributed by atoms with Crippen LogP contribution >= 0.6 is 0 Å². The standard InChI is InChI=1S/C13H18N2/c1-3-11-6-4-7-12(10-11)14-13-8-5-9-15(13)2/h4,6-7,10H,3,5,8-9H2,1-2H3/b14-13-. The fraction of sp³-hybridized carbons (Fsp3) is 0.462. The number of likely N-dealkylation sites (tertiary alicyclic amines) is 1. The molecule has 1 saturated heterocycles. The molecule has 80 valence electrons. The molecule has 1 heterocycles. The Balaban J connectivity index is 2.22. The van der Waals surface area contributed by atoms with Crippen LogP contribution in [0.4, 0.5) is 5.69 Å². The van der Waals surface area contributed by atoms with Gasteiger partial charge in [-0.25, -0.2) is 4.99 Å². The lowest BCUT2D eigenvalue weighted by molar-refractivity contribution is 0.550. The van der Waals surface area contributed by atoms with E-state index in [4.69, 9.17) is 4.99 Å². The second kappa shape index (κ2) is 4.47. The summed E-state index contributed by atoms with van der Waals surface area (Å²) in [6.45, 7) is 3.32. The van der Waals surface area contributed by atoms with Crippen LogP contribution in [-0.4, -0.2) is 24.3 Å². The second-order valence-electron chi connectivity index (χ2n) is 4.08. The largest absolute Gasteiger partial charge is 0.363 e. The molecule has 2 rings (SSSR count). The summed E-state index contributed by atoms with van der Waals surface area (Å²) in [6, 6.07) is 8.51. The highest BCUT2D eigenvalue weighted by Gasteiger charge is 2.13. The minimum Gasteiger partial charge on any atom is -0.363 e. The lowest BCUT2D eigenvalue weighted by atomic mass is 10.1. The maximum Gasteiger partial charge on any atom is 0.105 e. The molecular formula is C13H18N2. The first-order valence-electron chi connectivity index (χ1n) is 5.67. The zero-order valence-corrected chi connectivity index (χ0v) is 9.53. The highest BCUT2D eigenvalue weighted by molar-refractivity contribution is 5.86. The van der Waals surface area contributed by atoms with Gasteiger partial charge in [0, 0.05) is 20.0 Å². The molecule has 0 spiro atoms. The highest BCUT2D eigenvalue weighted by atomic mass is 15.2. The first kappa shape index (κ1) is 10.2. The predicted molar refractivity (Wildman–Crippen MR) is 64.8 cm³/mol. The fourth-order valence-electron chi connectivity index (χ4n) is 1.93. The van der Waals surface area contributed by atoms with E-state index in [0.29, 0.717) is 0 Å². The number of amidine groups is 1. The molecule has 0 bridgehead atoms. The predicted octanol–water partition coefficient (Wildman–Crippen LogP) is 3.00. The number of aliphatic imine (C=N–C) groups is 1. The number of hydrogen-bond acceptors (Lipinski definition) is 1. The molecule has 1 aromatic carbocycles. The summed E-state index contributed by atoms with van der Waals surface area (Å²) in [6.07, 6.45) is 3.43. The number of rotatable bonds is 2. The van der Waals surface area contributed by atoms with E-state index in [9.17, 15) is 0 Å². The molecule has 1 aliphatic heterocycles. The summed E-state index contributed by atoms with van der Waals surface area (Å²) in [7, 11) is 2.12. The van der Waals surface area contributed by atoms with E-state index >= 15 is 0 Å². The zero-order valence-electron chi connectivity index (χ0n) is 9.53. The Morgan fingerprint density at radius 2 is 2.27 bits per heavy atom. The third-order valence-electron chi connectivity index (χ3n) is 2.91. The summed E-state index contributed by atoms with van der Waals surface area (Å²) < 4.78 is 0. The van der Waals surface area contributed by atoms with Crippen LogP contribution in [0.25, 0.3) is 0 Å². The minimum absolute atomic E-state index is 1.08. The van der Waals surface area contributed by atoms with Crippen molar-refractivity contribution in [3.05, 3.63) is 29.8 Å². The van der Waals surface area contributed by atoms with Gasteiger partial charge in [-0.1, -0.05) is 19.1 Å². The number of benzene rings is 1. The monoisotopic (exact) mass is 202 g/mol. The maximum atomic E-state index is 4.69. The molecule has 0 unspecified atom stereocenters. The SMILES string of the molecule is CCc1cccc(/N=C2/CCCN2C)c1. The van der Waals surface area contributed by atoms with Gasteiger partial charge in [0.25, 0.3) is 0 Å². The van der Waals surface area contributed by atoms with Crippen LogP contribution < -0.4 is 0 Å². The van der Waals surface area contributed by atoms with Crippen molar-refractivity contribution in [1.82, 2.24) is 4.90 Å². The molecule has 1 aromatic rings. The van der Waals surface area contributed by atoms with Crippen molar-refractivity contribution in [3.8, 4) is 0 Å². The van der Waals surface area contributed by atoms with Gasteiger partial charge < -0.3 is 4.90 Å². The smallest absolute Gasteiger partial charge is 0.105 e. The number of nitrogens with zero attached hydrogens (tertiary/aromatic N) is 2. The van der Waals surface area contributed by atoms with Crippen LogP contribution in [0.3, 0.4) is 0 Å². The Morgan fingerprint density at radius 1 is 1.40 bits per heavy atom. The summed E-state index contributed by atoms with van der Waals surface area (Å²) in [5.41, 5.74) is 2.45. The van der Waals surface area contributed by atoms with Crippen LogP contribution in [0.2, 0.25) is 0 Å². The molecule has 0 radical (unpaired) electrons. The average Bonchev–Trinajstić information content (AvgIpc) is 2.65. The minimum atomic E-state index is 1.08. The van der Waals surface area contributed by atoms with Crippen molar-refractivity contribution in [2.45, 2.75) is 26.2 Å². The topological polar surface area (TPSA) is 15.6 Å². The van der Waals surface area contributed by atoms with E-state index in [-0.39, 0.29) is 0 Å². The van der Waals surface area contributed by atoms with Crippen LogP contribution in [0.5, 0.6) is 0 Å². The molecule has 0 atom stereocenters. The van der Waals surface area contributed by atoms with Gasteiger partial charge in [-0.3, -0.25) is 0 Å². The lowest BCUT2D eigenvalue weighted by Crippen LogP contribution is -2.18. The van der Waals surface area contributed by atoms with Gasteiger partial charge in [-0.05, 0) is 30.5 Å². The third-order valence-corrected chi connectivity index (χ3v) is 2.91. The van der Waals surface area contributed by atoms with Gasteiger partial charge in [0.05, 0.1) is 5.69 Å². The Kier molecular flexibility index (Phi) is 3.05. The van der Waals surface area contributed by atoms with Gasteiger partial charge in [0.15, 0.2) is 0 Å². The highest BCUT2D eigenvalue weighted by Crippen LogP contribution is 2.18. The van der Waals surface area contributed by atoms with Crippen LogP contribution in [0, 0.1) is 0 Å². The molecular weight excluding hydrogens is 184 g/mol. The quantitative estimate of drug-likeness (QED) is 0.719. The molecule has 0 saturated carbocycles. The lowest BCUT2D eigenvalue weighted by Gasteiger charge is -2.11. The van der Waals surface area contributed by atoms with Crippen molar-refractivity contribution < 1.29 is 0 Å². The van der Waals surface area contributed by atoms with Crippen molar-refractivity contribution in [2.24, 2.45) is 4.99 Å². The summed E-state index contributed by atoms with van der Waals surface area (Å²) >= 11 is 0. The molecule has 2 heteroatoms. The van der Waals surface area contributed by atoms with Gasteiger partial charge in [-0.2, -0.15) is 0 Å². The van der Waals surface area contributed by atoms with Gasteiger partial charge in [0.1, 0.15) is 5.84 Å². The molecule has 0 aliphatic carbocycles. The Labute approximate surface area is 91.6 Å². The van der Waals surface area contributed by atoms with Crippen molar-refractivity contribution in [2.75, 3.05) is 13.6 Å². The van der Waals surface area contributed by atoms with E-state index < -0.39 is 0 Å². The molecule has 0 N–H and O–H groups in total. The number of aryl methyl sites for hydroxylation is 1. The molecule has 2 nitrogen and oxygen atoms in total. The summed E-state index contributed by atoms with van der Waals surface area (Å²) in [5, 5.41) is 0. The Bertz CT molecular complexity index is 369. The third kappa shape index (κ3) is 2.38. The Morgan fingerprint density at radius 3 is 2.93 bits per heavy atom. The second-order valence-corrected chi connectivity index (χ2v) is 4.08. The fourth-order valence-corrected chi connectivity index (χ4v) is 1.93. The molecule has 1 aliphatic rings. The average molecular weight is 202 g/mol. The molecule has 15 heavy (non-hydrogen) atoms. The van der Waals surface area contributed by atoms with Gasteiger partial charge in [-0.15, -0.1) is 0 Å². The van der Waals surface area contributed by atoms with Crippen LogP contribution in [0.15, 0.2) is 29.3 Å². The van der Waals surface area contributed by atoms with Gasteiger partial charge in [0.2, 0.25) is 0 Å². The van der Waals surface area contributed by atoms with E-state index in [1.54, 1.807) is 0 Å². The van der Waals surface area contributed by atoms with Crippen LogP contribution in [0.1, 0.15) is 25.3 Å². The number of hydrogen-bond donors (Lipinski definition) is 0.